The van der Waals surface area contributed by atoms with Crippen LogP contribution in [0.2, 0.25) is 0 Å². The number of imidazole rings is 1. The number of nitrogens with zero attached hydrogens (tertiary/aromatic N) is 5. The lowest BCUT2D eigenvalue weighted by Gasteiger charge is -2.13. The highest BCUT2D eigenvalue weighted by atomic mass is 19.1. The van der Waals surface area contributed by atoms with Crippen molar-refractivity contribution < 1.29 is 4.39 Å². The van der Waals surface area contributed by atoms with Gasteiger partial charge in [-0.15, -0.1) is 0 Å². The number of hydrogen-bond donors (Lipinski definition) is 2. The maximum Gasteiger partial charge on any atom is 0.159 e. The van der Waals surface area contributed by atoms with E-state index in [2.05, 4.69) is 37.3 Å². The molecule has 0 saturated heterocycles. The van der Waals surface area contributed by atoms with Gasteiger partial charge in [-0.2, -0.15) is 5.10 Å². The molecule has 2 aromatic carbocycles. The van der Waals surface area contributed by atoms with Gasteiger partial charge < -0.3 is 9.88 Å². The first-order valence-electron chi connectivity index (χ1n) is 10.8. The van der Waals surface area contributed by atoms with E-state index >= 15 is 0 Å². The number of halogens is 1. The van der Waals surface area contributed by atoms with Crippen LogP contribution >= 0.6 is 0 Å². The maximum atomic E-state index is 14.5. The summed E-state index contributed by atoms with van der Waals surface area (Å²) >= 11 is 0. The van der Waals surface area contributed by atoms with Gasteiger partial charge in [0.1, 0.15) is 22.7 Å². The van der Waals surface area contributed by atoms with Crippen LogP contribution in [0.3, 0.4) is 0 Å². The zero-order valence-electron chi connectivity index (χ0n) is 18.5. The molecule has 0 saturated carbocycles. The number of hydrogen-bond acceptors (Lipinski definition) is 5. The van der Waals surface area contributed by atoms with E-state index in [1.165, 1.54) is 6.07 Å². The fourth-order valence-corrected chi connectivity index (χ4v) is 4.10. The Labute approximate surface area is 194 Å². The first-order valence-corrected chi connectivity index (χ1v) is 10.8. The number of nitrogens with one attached hydrogen (secondary N) is 2. The highest BCUT2D eigenvalue weighted by Crippen LogP contribution is 2.33. The van der Waals surface area contributed by atoms with Gasteiger partial charge in [-0.25, -0.2) is 9.37 Å². The Morgan fingerprint density at radius 3 is 2.62 bits per heavy atom. The fourth-order valence-electron chi connectivity index (χ4n) is 4.10. The van der Waals surface area contributed by atoms with Gasteiger partial charge >= 0.3 is 0 Å². The van der Waals surface area contributed by atoms with Crippen LogP contribution in [0, 0.1) is 5.82 Å². The summed E-state index contributed by atoms with van der Waals surface area (Å²) in [6.45, 7) is 0. The lowest BCUT2D eigenvalue weighted by molar-refractivity contribution is 0.631. The minimum Gasteiger partial charge on any atom is -0.376 e. The second-order valence-corrected chi connectivity index (χ2v) is 8.28. The molecule has 0 aliphatic rings. The van der Waals surface area contributed by atoms with Crippen molar-refractivity contribution in [2.24, 2.45) is 0 Å². The van der Waals surface area contributed by atoms with Gasteiger partial charge in [0.25, 0.3) is 0 Å². The molecule has 0 fully saturated rings. The third-order valence-corrected chi connectivity index (χ3v) is 5.89. The summed E-state index contributed by atoms with van der Waals surface area (Å²) in [6.07, 6.45) is 5.33. The van der Waals surface area contributed by atoms with Gasteiger partial charge in [0.05, 0.1) is 22.9 Å². The zero-order valence-corrected chi connectivity index (χ0v) is 18.5. The monoisotopic (exact) mass is 449 g/mol. The number of rotatable bonds is 4. The number of H-pyrrole nitrogens is 2. The van der Waals surface area contributed by atoms with Crippen molar-refractivity contribution in [2.75, 3.05) is 19.0 Å². The molecule has 34 heavy (non-hydrogen) atoms. The summed E-state index contributed by atoms with van der Waals surface area (Å²) < 4.78 is 14.5. The van der Waals surface area contributed by atoms with Crippen molar-refractivity contribution in [3.05, 3.63) is 79.0 Å². The topological polar surface area (TPSA) is 86.4 Å². The predicted octanol–water partition coefficient (Wildman–Crippen LogP) is 5.44. The number of pyridine rings is 2. The standard InChI is InChI=1S/C26H20FN7/c1-34(2)17-11-16(13-28-14-17)15-7-8-21-19(12-15)24(33-32-21)26-30-22-9-10-29-23(25(22)31-26)18-5-3-4-6-20(18)27/h3-14H,1-2H3,(H,30,31)(H,32,33). The van der Waals surface area contributed by atoms with E-state index in [4.69, 9.17) is 4.98 Å². The Morgan fingerprint density at radius 1 is 0.882 bits per heavy atom. The van der Waals surface area contributed by atoms with Gasteiger partial charge in [0, 0.05) is 43.0 Å². The van der Waals surface area contributed by atoms with Crippen LogP contribution in [0.4, 0.5) is 10.1 Å². The maximum absolute atomic E-state index is 14.5. The average molecular weight is 449 g/mol. The van der Waals surface area contributed by atoms with Crippen LogP contribution in [0.1, 0.15) is 0 Å². The molecule has 0 unspecified atom stereocenters. The van der Waals surface area contributed by atoms with Crippen LogP contribution < -0.4 is 4.90 Å². The molecule has 4 aromatic heterocycles. The van der Waals surface area contributed by atoms with Crippen LogP contribution in [0.5, 0.6) is 0 Å². The van der Waals surface area contributed by atoms with Crippen LogP contribution in [-0.2, 0) is 0 Å². The molecule has 0 radical (unpaired) electrons. The molecule has 0 aliphatic heterocycles. The van der Waals surface area contributed by atoms with E-state index in [0.717, 1.165) is 33.2 Å². The Balaban J connectivity index is 1.49. The minimum atomic E-state index is -0.338. The van der Waals surface area contributed by atoms with Crippen LogP contribution in [0.25, 0.3) is 55.8 Å². The smallest absolute Gasteiger partial charge is 0.159 e. The molecule has 4 heterocycles. The number of benzene rings is 2. The summed E-state index contributed by atoms with van der Waals surface area (Å²) in [7, 11) is 3.98. The molecule has 6 rings (SSSR count). The van der Waals surface area contributed by atoms with Crippen molar-refractivity contribution >= 4 is 27.6 Å². The van der Waals surface area contributed by atoms with E-state index in [9.17, 15) is 4.39 Å². The van der Waals surface area contributed by atoms with E-state index in [-0.39, 0.29) is 5.82 Å². The van der Waals surface area contributed by atoms with Crippen molar-refractivity contribution in [3.63, 3.8) is 0 Å². The zero-order chi connectivity index (χ0) is 23.2. The summed E-state index contributed by atoms with van der Waals surface area (Å²) in [5.74, 6) is 0.250. The van der Waals surface area contributed by atoms with Gasteiger partial charge in [0.2, 0.25) is 0 Å². The van der Waals surface area contributed by atoms with Gasteiger partial charge in [-0.05, 0) is 42.0 Å². The molecular formula is C26H20FN7. The van der Waals surface area contributed by atoms with E-state index < -0.39 is 0 Å². The quantitative estimate of drug-likeness (QED) is 0.375. The molecule has 6 aromatic rings. The molecule has 0 bridgehead atoms. The van der Waals surface area contributed by atoms with Gasteiger partial charge in [-0.1, -0.05) is 18.2 Å². The third kappa shape index (κ3) is 3.27. The van der Waals surface area contributed by atoms with Gasteiger partial charge in [0.15, 0.2) is 5.82 Å². The highest BCUT2D eigenvalue weighted by molar-refractivity contribution is 5.97. The number of aromatic amines is 2. The molecule has 2 N–H and O–H groups in total. The number of fused-ring (bicyclic) bond motifs is 2. The largest absolute Gasteiger partial charge is 0.376 e. The number of anilines is 1. The van der Waals surface area contributed by atoms with Gasteiger partial charge in [-0.3, -0.25) is 15.1 Å². The number of aromatic nitrogens is 6. The molecule has 7 nitrogen and oxygen atoms in total. The van der Waals surface area contributed by atoms with Crippen LogP contribution in [0.15, 0.2) is 73.2 Å². The Bertz CT molecular complexity index is 1670. The van der Waals surface area contributed by atoms with Crippen molar-refractivity contribution in [1.29, 1.82) is 0 Å². The van der Waals surface area contributed by atoms with E-state index in [1.54, 1.807) is 24.4 Å². The fraction of sp³-hybridized carbons (Fsp3) is 0.0769. The lowest BCUT2D eigenvalue weighted by atomic mass is 10.0. The van der Waals surface area contributed by atoms with Crippen molar-refractivity contribution in [1.82, 2.24) is 30.1 Å². The normalized spacial score (nSPS) is 11.4. The second kappa shape index (κ2) is 7.77. The SMILES string of the molecule is CN(C)c1cncc(-c2ccc3[nH]nc(-c4nc5c(-c6ccccc6F)nccc5[nH]4)c3c2)c1. The van der Waals surface area contributed by atoms with Crippen LogP contribution in [-0.4, -0.2) is 44.2 Å². The lowest BCUT2D eigenvalue weighted by Crippen LogP contribution is -2.08. The summed E-state index contributed by atoms with van der Waals surface area (Å²) in [5, 5.41) is 8.53. The highest BCUT2D eigenvalue weighted by Gasteiger charge is 2.17. The summed E-state index contributed by atoms with van der Waals surface area (Å²) in [5.41, 5.74) is 6.89. The molecule has 0 atom stereocenters. The Kier molecular flexibility index (Phi) is 4.58. The predicted molar refractivity (Wildman–Crippen MR) is 132 cm³/mol. The van der Waals surface area contributed by atoms with E-state index in [1.807, 2.05) is 49.6 Å². The van der Waals surface area contributed by atoms with E-state index in [0.29, 0.717) is 28.3 Å². The summed E-state index contributed by atoms with van der Waals surface area (Å²) in [4.78, 5) is 18.9. The first-order chi connectivity index (χ1) is 16.6. The molecule has 8 heteroatoms. The average Bonchev–Trinajstić information content (AvgIpc) is 3.48. The second-order valence-electron chi connectivity index (χ2n) is 8.28. The Hall–Kier alpha value is -4.59. The Morgan fingerprint density at radius 2 is 1.76 bits per heavy atom. The molecule has 0 amide bonds. The molecule has 0 spiro atoms. The third-order valence-electron chi connectivity index (χ3n) is 5.89. The van der Waals surface area contributed by atoms with Crippen molar-refractivity contribution in [2.45, 2.75) is 0 Å². The summed E-state index contributed by atoms with van der Waals surface area (Å²) in [6, 6.07) is 16.6. The minimum absolute atomic E-state index is 0.338. The first kappa shape index (κ1) is 20.0. The molecule has 166 valence electrons. The molecule has 0 aliphatic carbocycles. The molecular weight excluding hydrogens is 429 g/mol. The van der Waals surface area contributed by atoms with Crippen molar-refractivity contribution in [3.8, 4) is 33.9 Å².